The smallest absolute Gasteiger partial charge is 0.292 e. The van der Waals surface area contributed by atoms with Crippen LogP contribution in [-0.4, -0.2) is 28.9 Å². The number of nitrogens with one attached hydrogen (secondary N) is 1. The Morgan fingerprint density at radius 1 is 1.45 bits per heavy atom. The lowest BCUT2D eigenvalue weighted by Crippen LogP contribution is -2.31. The van der Waals surface area contributed by atoms with Crippen molar-refractivity contribution in [2.75, 3.05) is 23.8 Å². The van der Waals surface area contributed by atoms with E-state index in [0.29, 0.717) is 18.0 Å². The van der Waals surface area contributed by atoms with Crippen LogP contribution in [0.1, 0.15) is 23.2 Å². The maximum atomic E-state index is 12.0. The second-order valence-electron chi connectivity index (χ2n) is 4.80. The van der Waals surface area contributed by atoms with E-state index in [1.807, 2.05) is 11.8 Å². The van der Waals surface area contributed by atoms with E-state index in [2.05, 4.69) is 5.32 Å². The zero-order valence-electron chi connectivity index (χ0n) is 11.0. The van der Waals surface area contributed by atoms with E-state index < -0.39 is 4.92 Å². The molecule has 0 unspecified atom stereocenters. The van der Waals surface area contributed by atoms with Gasteiger partial charge in [-0.3, -0.25) is 14.9 Å². The van der Waals surface area contributed by atoms with Crippen LogP contribution in [0, 0.1) is 16.0 Å². The Bertz CT molecular complexity index is 516. The largest absolute Gasteiger partial charge is 0.393 e. The van der Waals surface area contributed by atoms with Gasteiger partial charge in [0.25, 0.3) is 11.6 Å². The summed E-state index contributed by atoms with van der Waals surface area (Å²) in [4.78, 5) is 22.1. The molecule has 0 radical (unpaired) electrons. The fourth-order valence-electron chi connectivity index (χ4n) is 2.15. The molecule has 1 saturated heterocycles. The molecular formula is C13H17N3O3S. The molecule has 20 heavy (non-hydrogen) atoms. The summed E-state index contributed by atoms with van der Waals surface area (Å²) in [5.74, 6) is 2.58. The van der Waals surface area contributed by atoms with Gasteiger partial charge in [-0.25, -0.2) is 0 Å². The predicted molar refractivity (Wildman–Crippen MR) is 79.9 cm³/mol. The van der Waals surface area contributed by atoms with Gasteiger partial charge >= 0.3 is 0 Å². The van der Waals surface area contributed by atoms with E-state index in [-0.39, 0.29) is 17.3 Å². The third kappa shape index (κ3) is 3.63. The summed E-state index contributed by atoms with van der Waals surface area (Å²) in [7, 11) is 0. The third-order valence-electron chi connectivity index (χ3n) is 3.38. The molecule has 0 spiro atoms. The average molecular weight is 295 g/mol. The maximum absolute atomic E-state index is 12.0. The number of amides is 1. The molecule has 1 amide bonds. The number of thioether (sulfide) groups is 1. The van der Waals surface area contributed by atoms with Crippen molar-refractivity contribution in [3.63, 3.8) is 0 Å². The van der Waals surface area contributed by atoms with Crippen molar-refractivity contribution in [1.82, 2.24) is 5.32 Å². The SMILES string of the molecule is Nc1cc(C(=O)NCC2CCSCC2)ccc1[N+](=O)[O-]. The van der Waals surface area contributed by atoms with Gasteiger partial charge in [-0.05, 0) is 42.4 Å². The van der Waals surface area contributed by atoms with Gasteiger partial charge < -0.3 is 11.1 Å². The van der Waals surface area contributed by atoms with Crippen molar-refractivity contribution in [2.24, 2.45) is 5.92 Å². The van der Waals surface area contributed by atoms with Gasteiger partial charge in [0.2, 0.25) is 0 Å². The summed E-state index contributed by atoms with van der Waals surface area (Å²) in [6.07, 6.45) is 2.24. The number of nitro benzene ring substituents is 1. The first-order chi connectivity index (χ1) is 9.58. The van der Waals surface area contributed by atoms with Crippen LogP contribution in [0.5, 0.6) is 0 Å². The Balaban J connectivity index is 1.95. The molecule has 1 fully saturated rings. The van der Waals surface area contributed by atoms with Gasteiger partial charge in [0, 0.05) is 18.2 Å². The molecule has 0 atom stereocenters. The van der Waals surface area contributed by atoms with Gasteiger partial charge in [0.1, 0.15) is 5.69 Å². The molecule has 7 heteroatoms. The highest BCUT2D eigenvalue weighted by molar-refractivity contribution is 7.99. The van der Waals surface area contributed by atoms with E-state index in [1.54, 1.807) is 0 Å². The lowest BCUT2D eigenvalue weighted by Gasteiger charge is -2.21. The Morgan fingerprint density at radius 2 is 2.15 bits per heavy atom. The quantitative estimate of drug-likeness (QED) is 0.503. The number of nitrogens with two attached hydrogens (primary N) is 1. The van der Waals surface area contributed by atoms with Crippen molar-refractivity contribution >= 4 is 29.0 Å². The highest BCUT2D eigenvalue weighted by Crippen LogP contribution is 2.23. The van der Waals surface area contributed by atoms with Crippen molar-refractivity contribution in [3.05, 3.63) is 33.9 Å². The van der Waals surface area contributed by atoms with Crippen LogP contribution >= 0.6 is 11.8 Å². The minimum absolute atomic E-state index is 0.0108. The molecule has 0 aliphatic carbocycles. The standard InChI is InChI=1S/C13H17N3O3S/c14-11-7-10(1-2-12(11)16(18)19)13(17)15-8-9-3-5-20-6-4-9/h1-2,7,9H,3-6,8,14H2,(H,15,17). The maximum Gasteiger partial charge on any atom is 0.292 e. The fraction of sp³-hybridized carbons (Fsp3) is 0.462. The second kappa shape index (κ2) is 6.60. The van der Waals surface area contributed by atoms with Gasteiger partial charge in [-0.2, -0.15) is 11.8 Å². The molecule has 1 aromatic carbocycles. The molecule has 0 bridgehead atoms. The summed E-state index contributed by atoms with van der Waals surface area (Å²) in [6, 6.07) is 4.05. The topological polar surface area (TPSA) is 98.3 Å². The summed E-state index contributed by atoms with van der Waals surface area (Å²) in [6.45, 7) is 0.649. The van der Waals surface area contributed by atoms with Crippen molar-refractivity contribution in [3.8, 4) is 0 Å². The van der Waals surface area contributed by atoms with E-state index >= 15 is 0 Å². The van der Waals surface area contributed by atoms with Crippen LogP contribution in [0.15, 0.2) is 18.2 Å². The zero-order valence-corrected chi connectivity index (χ0v) is 11.8. The lowest BCUT2D eigenvalue weighted by molar-refractivity contribution is -0.383. The van der Waals surface area contributed by atoms with Gasteiger partial charge in [-0.1, -0.05) is 0 Å². The molecule has 6 nitrogen and oxygen atoms in total. The average Bonchev–Trinajstić information content (AvgIpc) is 2.45. The molecule has 3 N–H and O–H groups in total. The summed E-state index contributed by atoms with van der Waals surface area (Å²) in [5, 5.41) is 13.5. The summed E-state index contributed by atoms with van der Waals surface area (Å²) in [5.41, 5.74) is 5.77. The summed E-state index contributed by atoms with van der Waals surface area (Å²) >= 11 is 1.94. The number of nitrogens with zero attached hydrogens (tertiary/aromatic N) is 1. The Kier molecular flexibility index (Phi) is 4.84. The molecule has 2 rings (SSSR count). The molecule has 0 aromatic heterocycles. The zero-order chi connectivity index (χ0) is 14.5. The van der Waals surface area contributed by atoms with Crippen molar-refractivity contribution in [1.29, 1.82) is 0 Å². The predicted octanol–water partition coefficient (Wildman–Crippen LogP) is 2.05. The number of carbonyl (C=O) groups is 1. The minimum Gasteiger partial charge on any atom is -0.393 e. The molecule has 1 aliphatic rings. The monoisotopic (exact) mass is 295 g/mol. The normalized spacial score (nSPS) is 15.8. The number of nitrogen functional groups attached to an aromatic ring is 1. The van der Waals surface area contributed by atoms with Crippen molar-refractivity contribution < 1.29 is 9.72 Å². The van der Waals surface area contributed by atoms with Crippen molar-refractivity contribution in [2.45, 2.75) is 12.8 Å². The van der Waals surface area contributed by atoms with Crippen LogP contribution in [0.3, 0.4) is 0 Å². The molecule has 1 aromatic rings. The fourth-order valence-corrected chi connectivity index (χ4v) is 3.36. The minimum atomic E-state index is -0.559. The van der Waals surface area contributed by atoms with Crippen LogP contribution < -0.4 is 11.1 Å². The number of anilines is 1. The van der Waals surface area contributed by atoms with Crippen LogP contribution in [0.2, 0.25) is 0 Å². The molecule has 1 heterocycles. The number of hydrogen-bond acceptors (Lipinski definition) is 5. The van der Waals surface area contributed by atoms with E-state index in [1.165, 1.54) is 18.2 Å². The van der Waals surface area contributed by atoms with E-state index in [0.717, 1.165) is 24.3 Å². The van der Waals surface area contributed by atoms with E-state index in [4.69, 9.17) is 5.73 Å². The lowest BCUT2D eigenvalue weighted by atomic mass is 10.0. The molecule has 1 aliphatic heterocycles. The first kappa shape index (κ1) is 14.6. The number of benzene rings is 1. The van der Waals surface area contributed by atoms with Crippen LogP contribution in [-0.2, 0) is 0 Å². The van der Waals surface area contributed by atoms with Gasteiger partial charge in [0.15, 0.2) is 0 Å². The highest BCUT2D eigenvalue weighted by atomic mass is 32.2. The molecule has 108 valence electrons. The Hall–Kier alpha value is -1.76. The molecule has 0 saturated carbocycles. The van der Waals surface area contributed by atoms with Crippen LogP contribution in [0.25, 0.3) is 0 Å². The highest BCUT2D eigenvalue weighted by Gasteiger charge is 2.17. The number of hydrogen-bond donors (Lipinski definition) is 2. The van der Waals surface area contributed by atoms with Gasteiger partial charge in [0.05, 0.1) is 4.92 Å². The molecular weight excluding hydrogens is 278 g/mol. The number of nitro groups is 1. The Labute approximate surface area is 121 Å². The van der Waals surface area contributed by atoms with Crippen LogP contribution in [0.4, 0.5) is 11.4 Å². The third-order valence-corrected chi connectivity index (χ3v) is 4.43. The number of rotatable bonds is 4. The Morgan fingerprint density at radius 3 is 2.75 bits per heavy atom. The number of carbonyl (C=O) groups excluding carboxylic acids is 1. The van der Waals surface area contributed by atoms with Gasteiger partial charge in [-0.15, -0.1) is 0 Å². The first-order valence-electron chi connectivity index (χ1n) is 6.48. The van der Waals surface area contributed by atoms with E-state index in [9.17, 15) is 14.9 Å². The summed E-state index contributed by atoms with van der Waals surface area (Å²) < 4.78 is 0. The first-order valence-corrected chi connectivity index (χ1v) is 7.63. The second-order valence-corrected chi connectivity index (χ2v) is 6.02.